The summed E-state index contributed by atoms with van der Waals surface area (Å²) in [5.41, 5.74) is 3.51. The SMILES string of the molecule is C1=Cn2cccc2C1.c1ccc2[nH]cnc2c1. The molecule has 1 aromatic carbocycles. The van der Waals surface area contributed by atoms with Crippen LogP contribution in [0.3, 0.4) is 0 Å². The van der Waals surface area contributed by atoms with Gasteiger partial charge in [0.15, 0.2) is 0 Å². The largest absolute Gasteiger partial charge is 0.345 e. The van der Waals surface area contributed by atoms with Crippen molar-refractivity contribution >= 4 is 17.2 Å². The normalized spacial score (nSPS) is 12.2. The Morgan fingerprint density at radius 3 is 2.94 bits per heavy atom. The van der Waals surface area contributed by atoms with Gasteiger partial charge in [-0.05, 0) is 24.3 Å². The van der Waals surface area contributed by atoms with Crippen molar-refractivity contribution in [2.75, 3.05) is 0 Å². The third-order valence-corrected chi connectivity index (χ3v) is 2.79. The molecular weight excluding hydrogens is 210 g/mol. The number of benzene rings is 1. The Balaban J connectivity index is 0.000000107. The van der Waals surface area contributed by atoms with Gasteiger partial charge in [-0.25, -0.2) is 4.98 Å². The van der Waals surface area contributed by atoms with Crippen molar-refractivity contribution < 1.29 is 0 Å². The van der Waals surface area contributed by atoms with Crippen molar-refractivity contribution in [2.45, 2.75) is 6.42 Å². The maximum Gasteiger partial charge on any atom is 0.0931 e. The molecule has 0 atom stereocenters. The zero-order valence-electron chi connectivity index (χ0n) is 9.38. The Morgan fingerprint density at radius 2 is 2.06 bits per heavy atom. The lowest BCUT2D eigenvalue weighted by Gasteiger charge is -1.88. The zero-order chi connectivity index (χ0) is 11.5. The molecule has 0 amide bonds. The lowest BCUT2D eigenvalue weighted by Crippen LogP contribution is -1.81. The van der Waals surface area contributed by atoms with Crippen molar-refractivity contribution in [3.63, 3.8) is 0 Å². The van der Waals surface area contributed by atoms with Crippen LogP contribution in [0.4, 0.5) is 0 Å². The highest BCUT2D eigenvalue weighted by Crippen LogP contribution is 2.10. The third-order valence-electron chi connectivity index (χ3n) is 2.79. The van der Waals surface area contributed by atoms with E-state index in [0.29, 0.717) is 0 Å². The first-order valence-electron chi connectivity index (χ1n) is 5.64. The van der Waals surface area contributed by atoms with E-state index in [1.165, 1.54) is 5.69 Å². The van der Waals surface area contributed by atoms with Crippen molar-refractivity contribution in [3.05, 3.63) is 60.7 Å². The number of hydrogen-bond donors (Lipinski definition) is 1. The molecule has 17 heavy (non-hydrogen) atoms. The molecule has 0 radical (unpaired) electrons. The summed E-state index contributed by atoms with van der Waals surface area (Å²) in [6.07, 6.45) is 9.13. The lowest BCUT2D eigenvalue weighted by molar-refractivity contribution is 1.09. The molecule has 3 nitrogen and oxygen atoms in total. The van der Waals surface area contributed by atoms with Crippen LogP contribution in [0.2, 0.25) is 0 Å². The number of hydrogen-bond acceptors (Lipinski definition) is 1. The summed E-state index contributed by atoms with van der Waals surface area (Å²) in [7, 11) is 0. The molecular formula is C14H13N3. The number of imidazole rings is 1. The van der Waals surface area contributed by atoms with E-state index in [2.05, 4.69) is 45.1 Å². The third kappa shape index (κ3) is 1.99. The molecule has 0 unspecified atom stereocenters. The van der Waals surface area contributed by atoms with Gasteiger partial charge in [-0.15, -0.1) is 0 Å². The molecule has 4 rings (SSSR count). The van der Waals surface area contributed by atoms with Crippen LogP contribution in [-0.4, -0.2) is 14.5 Å². The molecule has 1 N–H and O–H groups in total. The average Bonchev–Trinajstić information content (AvgIpc) is 3.06. The topological polar surface area (TPSA) is 33.6 Å². The smallest absolute Gasteiger partial charge is 0.0931 e. The number of nitrogens with zero attached hydrogens (tertiary/aromatic N) is 2. The number of aromatic amines is 1. The molecule has 0 saturated carbocycles. The molecule has 0 fully saturated rings. The Hall–Kier alpha value is -2.29. The summed E-state index contributed by atoms with van der Waals surface area (Å²) in [6.45, 7) is 0. The van der Waals surface area contributed by atoms with E-state index < -0.39 is 0 Å². The number of H-pyrrole nitrogens is 1. The summed E-state index contributed by atoms with van der Waals surface area (Å²) in [4.78, 5) is 7.07. The van der Waals surface area contributed by atoms with E-state index in [-0.39, 0.29) is 0 Å². The molecule has 0 spiro atoms. The summed E-state index contributed by atoms with van der Waals surface area (Å²) >= 11 is 0. The van der Waals surface area contributed by atoms with Crippen LogP contribution in [0, 0.1) is 0 Å². The first kappa shape index (κ1) is 9.90. The van der Waals surface area contributed by atoms with E-state index >= 15 is 0 Å². The van der Waals surface area contributed by atoms with Gasteiger partial charge in [0, 0.05) is 24.5 Å². The predicted octanol–water partition coefficient (Wildman–Crippen LogP) is 3.08. The maximum atomic E-state index is 4.06. The minimum atomic E-state index is 1.03. The Labute approximate surface area is 99.4 Å². The molecule has 3 heterocycles. The highest BCUT2D eigenvalue weighted by atomic mass is 15.0. The Bertz CT molecular complexity index is 616. The van der Waals surface area contributed by atoms with Gasteiger partial charge in [-0.2, -0.15) is 0 Å². The Morgan fingerprint density at radius 1 is 1.12 bits per heavy atom. The first-order valence-corrected chi connectivity index (χ1v) is 5.64. The maximum absolute atomic E-state index is 4.06. The van der Waals surface area contributed by atoms with E-state index in [4.69, 9.17) is 0 Å². The fourth-order valence-electron chi connectivity index (χ4n) is 1.91. The lowest BCUT2D eigenvalue weighted by atomic mass is 10.3. The Kier molecular flexibility index (Phi) is 2.50. The number of allylic oxidation sites excluding steroid dienone is 1. The van der Waals surface area contributed by atoms with E-state index in [1.807, 2.05) is 24.3 Å². The number of para-hydroxylation sites is 2. The van der Waals surface area contributed by atoms with Gasteiger partial charge in [0.1, 0.15) is 0 Å². The van der Waals surface area contributed by atoms with Crippen LogP contribution in [0.15, 0.2) is 55.0 Å². The standard InChI is InChI=1S/C7H6N2.C7H7N/c1-2-4-7-6(3-1)8-5-9-7;1-3-7-4-2-6-8(7)5-1/h1-5H,(H,8,9);1-3,5-6H,4H2. The molecule has 0 bridgehead atoms. The van der Waals surface area contributed by atoms with Crippen LogP contribution in [0.25, 0.3) is 17.2 Å². The van der Waals surface area contributed by atoms with Crippen LogP contribution >= 0.6 is 0 Å². The monoisotopic (exact) mass is 223 g/mol. The molecule has 0 aliphatic carbocycles. The number of rotatable bonds is 0. The summed E-state index contributed by atoms with van der Waals surface area (Å²) in [5, 5.41) is 0. The average molecular weight is 223 g/mol. The van der Waals surface area contributed by atoms with E-state index in [0.717, 1.165) is 17.5 Å². The van der Waals surface area contributed by atoms with Crippen LogP contribution in [-0.2, 0) is 6.42 Å². The highest BCUT2D eigenvalue weighted by molar-refractivity contribution is 5.73. The fourth-order valence-corrected chi connectivity index (χ4v) is 1.91. The summed E-state index contributed by atoms with van der Waals surface area (Å²) < 4.78 is 2.14. The van der Waals surface area contributed by atoms with Gasteiger partial charge >= 0.3 is 0 Å². The van der Waals surface area contributed by atoms with Gasteiger partial charge in [-0.3, -0.25) is 0 Å². The first-order chi connectivity index (χ1) is 8.43. The van der Waals surface area contributed by atoms with Crippen LogP contribution < -0.4 is 0 Å². The van der Waals surface area contributed by atoms with Crippen molar-refractivity contribution in [2.24, 2.45) is 0 Å². The second-order valence-electron chi connectivity index (χ2n) is 3.92. The number of nitrogens with one attached hydrogen (secondary N) is 1. The zero-order valence-corrected chi connectivity index (χ0v) is 9.38. The number of fused-ring (bicyclic) bond motifs is 2. The summed E-state index contributed by atoms with van der Waals surface area (Å²) in [5.74, 6) is 0. The van der Waals surface area contributed by atoms with Gasteiger partial charge in [0.05, 0.1) is 17.4 Å². The quantitative estimate of drug-likeness (QED) is 0.624. The van der Waals surface area contributed by atoms with E-state index in [9.17, 15) is 0 Å². The van der Waals surface area contributed by atoms with Gasteiger partial charge in [0.25, 0.3) is 0 Å². The summed E-state index contributed by atoms with van der Waals surface area (Å²) in [6, 6.07) is 12.1. The van der Waals surface area contributed by atoms with Gasteiger partial charge in [0.2, 0.25) is 0 Å². The van der Waals surface area contributed by atoms with Crippen molar-refractivity contribution in [1.82, 2.24) is 14.5 Å². The van der Waals surface area contributed by atoms with Crippen LogP contribution in [0.5, 0.6) is 0 Å². The van der Waals surface area contributed by atoms with Crippen LogP contribution in [0.1, 0.15) is 5.69 Å². The molecule has 3 heteroatoms. The van der Waals surface area contributed by atoms with Gasteiger partial charge < -0.3 is 9.55 Å². The fraction of sp³-hybridized carbons (Fsp3) is 0.0714. The minimum absolute atomic E-state index is 1.03. The molecule has 2 aromatic heterocycles. The molecule has 1 aliphatic heterocycles. The second-order valence-corrected chi connectivity index (χ2v) is 3.92. The van der Waals surface area contributed by atoms with Gasteiger partial charge in [-0.1, -0.05) is 18.2 Å². The second kappa shape index (κ2) is 4.29. The minimum Gasteiger partial charge on any atom is -0.345 e. The van der Waals surface area contributed by atoms with E-state index in [1.54, 1.807) is 6.33 Å². The number of aromatic nitrogens is 3. The highest BCUT2D eigenvalue weighted by Gasteiger charge is 1.99. The predicted molar refractivity (Wildman–Crippen MR) is 69.6 cm³/mol. The molecule has 1 aliphatic rings. The van der Waals surface area contributed by atoms with Crippen molar-refractivity contribution in [3.8, 4) is 0 Å². The molecule has 3 aromatic rings. The molecule has 84 valence electrons. The van der Waals surface area contributed by atoms with Crippen molar-refractivity contribution in [1.29, 1.82) is 0 Å². The molecule has 0 saturated heterocycles.